The zero-order chi connectivity index (χ0) is 8.97. The van der Waals surface area contributed by atoms with Gasteiger partial charge in [-0.3, -0.25) is 0 Å². The Labute approximate surface area is 72.6 Å². The third-order valence-electron chi connectivity index (χ3n) is 2.01. The molecule has 0 saturated carbocycles. The Morgan fingerprint density at radius 3 is 3.00 bits per heavy atom. The molecule has 0 saturated heterocycles. The molecule has 3 nitrogen and oxygen atoms in total. The van der Waals surface area contributed by atoms with Crippen molar-refractivity contribution in [2.24, 2.45) is 4.99 Å². The van der Waals surface area contributed by atoms with Gasteiger partial charge < -0.3 is 0 Å². The molecule has 0 spiro atoms. The normalized spacial score (nSPS) is 12.5. The van der Waals surface area contributed by atoms with Crippen LogP contribution >= 0.6 is 0 Å². The first-order chi connectivity index (χ1) is 5.79. The van der Waals surface area contributed by atoms with Gasteiger partial charge in [-0.25, -0.2) is 15.0 Å². The predicted octanol–water partition coefficient (Wildman–Crippen LogP) is 2.32. The highest BCUT2D eigenvalue weighted by molar-refractivity contribution is 5.45. The molecule has 12 heavy (non-hydrogen) atoms. The monoisotopic (exact) mass is 163 g/mol. The highest BCUT2D eigenvalue weighted by Crippen LogP contribution is 2.24. The third-order valence-corrected chi connectivity index (χ3v) is 2.01. The molecule has 0 fully saturated rings. The van der Waals surface area contributed by atoms with Crippen molar-refractivity contribution in [3.63, 3.8) is 0 Å². The molecule has 1 unspecified atom stereocenters. The summed E-state index contributed by atoms with van der Waals surface area (Å²) in [6, 6.07) is 0. The number of nitrogens with zero attached hydrogens (tertiary/aromatic N) is 3. The molecule has 0 aliphatic rings. The topological polar surface area (TPSA) is 38.1 Å². The first-order valence-corrected chi connectivity index (χ1v) is 4.06. The summed E-state index contributed by atoms with van der Waals surface area (Å²) in [6.45, 7) is 7.73. The van der Waals surface area contributed by atoms with E-state index in [4.69, 9.17) is 0 Å². The summed E-state index contributed by atoms with van der Waals surface area (Å²) < 4.78 is 0. The maximum absolute atomic E-state index is 4.03. The molecule has 1 rings (SSSR count). The lowest BCUT2D eigenvalue weighted by molar-refractivity contribution is 0.725. The molecule has 64 valence electrons. The van der Waals surface area contributed by atoms with E-state index in [2.05, 4.69) is 35.5 Å². The average Bonchev–Trinajstić information content (AvgIpc) is 2.16. The molecule has 0 radical (unpaired) electrons. The maximum atomic E-state index is 4.03. The van der Waals surface area contributed by atoms with E-state index >= 15 is 0 Å². The standard InChI is InChI=1S/C9H13N3/c1-4-7(2)8-5-11-6-12-9(8)10-3/h5-7H,3-4H2,1-2H3. The molecule has 0 N–H and O–H groups in total. The molecule has 0 amide bonds. The zero-order valence-electron chi connectivity index (χ0n) is 7.49. The Bertz CT molecular complexity index is 270. The molecule has 0 bridgehead atoms. The molecule has 1 atom stereocenters. The van der Waals surface area contributed by atoms with Gasteiger partial charge in [0.2, 0.25) is 0 Å². The smallest absolute Gasteiger partial charge is 0.158 e. The summed E-state index contributed by atoms with van der Waals surface area (Å²) in [5.41, 5.74) is 1.08. The van der Waals surface area contributed by atoms with Gasteiger partial charge in [0.25, 0.3) is 0 Å². The zero-order valence-corrected chi connectivity index (χ0v) is 7.49. The molecular formula is C9H13N3. The van der Waals surface area contributed by atoms with Gasteiger partial charge in [0.05, 0.1) is 0 Å². The number of rotatable bonds is 3. The van der Waals surface area contributed by atoms with Crippen LogP contribution in [-0.2, 0) is 0 Å². The van der Waals surface area contributed by atoms with Crippen LogP contribution in [0.1, 0.15) is 31.7 Å². The Balaban J connectivity index is 3.04. The van der Waals surface area contributed by atoms with Gasteiger partial charge in [-0.2, -0.15) is 0 Å². The fraction of sp³-hybridized carbons (Fsp3) is 0.444. The largest absolute Gasteiger partial charge is 0.245 e. The lowest BCUT2D eigenvalue weighted by Crippen LogP contribution is -1.94. The minimum Gasteiger partial charge on any atom is -0.245 e. The van der Waals surface area contributed by atoms with Crippen molar-refractivity contribution in [1.29, 1.82) is 0 Å². The molecule has 0 aliphatic heterocycles. The second kappa shape index (κ2) is 3.95. The summed E-state index contributed by atoms with van der Waals surface area (Å²) in [5.74, 6) is 1.16. The van der Waals surface area contributed by atoms with Crippen molar-refractivity contribution < 1.29 is 0 Å². The molecular weight excluding hydrogens is 150 g/mol. The predicted molar refractivity (Wildman–Crippen MR) is 49.9 cm³/mol. The summed E-state index contributed by atoms with van der Waals surface area (Å²) in [4.78, 5) is 11.8. The van der Waals surface area contributed by atoms with Crippen LogP contribution in [-0.4, -0.2) is 16.7 Å². The van der Waals surface area contributed by atoms with Crippen LogP contribution in [0.15, 0.2) is 17.5 Å². The van der Waals surface area contributed by atoms with Gasteiger partial charge >= 0.3 is 0 Å². The van der Waals surface area contributed by atoms with Gasteiger partial charge in [-0.1, -0.05) is 13.8 Å². The SMILES string of the molecule is C=Nc1ncncc1C(C)CC. The Morgan fingerprint density at radius 2 is 2.42 bits per heavy atom. The number of hydrogen-bond acceptors (Lipinski definition) is 3. The lowest BCUT2D eigenvalue weighted by Gasteiger charge is -2.08. The number of aliphatic imine (C=N–C) groups is 1. The van der Waals surface area contributed by atoms with Crippen molar-refractivity contribution in [3.05, 3.63) is 18.1 Å². The molecule has 0 aromatic carbocycles. The van der Waals surface area contributed by atoms with E-state index in [0.717, 1.165) is 12.0 Å². The Morgan fingerprint density at radius 1 is 1.67 bits per heavy atom. The quantitative estimate of drug-likeness (QED) is 0.641. The van der Waals surface area contributed by atoms with Gasteiger partial charge in [-0.05, 0) is 19.1 Å². The maximum Gasteiger partial charge on any atom is 0.158 e. The highest BCUT2D eigenvalue weighted by Gasteiger charge is 2.08. The van der Waals surface area contributed by atoms with Crippen LogP contribution in [0, 0.1) is 0 Å². The summed E-state index contributed by atoms with van der Waals surface area (Å²) in [6.07, 6.45) is 4.37. The summed E-state index contributed by atoms with van der Waals surface area (Å²) in [7, 11) is 0. The minimum absolute atomic E-state index is 0.451. The van der Waals surface area contributed by atoms with Crippen molar-refractivity contribution in [2.75, 3.05) is 0 Å². The van der Waals surface area contributed by atoms with E-state index in [1.54, 1.807) is 0 Å². The van der Waals surface area contributed by atoms with Gasteiger partial charge in [0.15, 0.2) is 5.82 Å². The van der Waals surface area contributed by atoms with Crippen molar-refractivity contribution in [2.45, 2.75) is 26.2 Å². The van der Waals surface area contributed by atoms with E-state index < -0.39 is 0 Å². The Kier molecular flexibility index (Phi) is 2.91. The van der Waals surface area contributed by atoms with Crippen molar-refractivity contribution in [3.8, 4) is 0 Å². The summed E-state index contributed by atoms with van der Waals surface area (Å²) in [5, 5.41) is 0. The van der Waals surface area contributed by atoms with Crippen LogP contribution in [0.5, 0.6) is 0 Å². The van der Waals surface area contributed by atoms with Crippen LogP contribution < -0.4 is 0 Å². The second-order valence-corrected chi connectivity index (χ2v) is 2.77. The van der Waals surface area contributed by atoms with Crippen molar-refractivity contribution in [1.82, 2.24) is 9.97 Å². The average molecular weight is 163 g/mol. The first-order valence-electron chi connectivity index (χ1n) is 4.06. The van der Waals surface area contributed by atoms with Crippen LogP contribution in [0.2, 0.25) is 0 Å². The van der Waals surface area contributed by atoms with Crippen molar-refractivity contribution >= 4 is 12.5 Å². The van der Waals surface area contributed by atoms with E-state index in [-0.39, 0.29) is 0 Å². The molecule has 1 aromatic heterocycles. The third kappa shape index (κ3) is 1.67. The van der Waals surface area contributed by atoms with Crippen LogP contribution in [0.25, 0.3) is 0 Å². The number of aromatic nitrogens is 2. The lowest BCUT2D eigenvalue weighted by atomic mass is 10.0. The van der Waals surface area contributed by atoms with Crippen LogP contribution in [0.4, 0.5) is 5.82 Å². The van der Waals surface area contributed by atoms with Gasteiger partial charge in [0, 0.05) is 11.8 Å². The van der Waals surface area contributed by atoms with Gasteiger partial charge in [0.1, 0.15) is 6.33 Å². The first kappa shape index (κ1) is 8.84. The second-order valence-electron chi connectivity index (χ2n) is 2.77. The minimum atomic E-state index is 0.451. The molecule has 1 heterocycles. The molecule has 3 heteroatoms. The highest BCUT2D eigenvalue weighted by atomic mass is 14.9. The summed E-state index contributed by atoms with van der Waals surface area (Å²) >= 11 is 0. The molecule has 1 aromatic rings. The van der Waals surface area contributed by atoms with Crippen LogP contribution in [0.3, 0.4) is 0 Å². The number of hydrogen-bond donors (Lipinski definition) is 0. The fourth-order valence-electron chi connectivity index (χ4n) is 1.03. The Hall–Kier alpha value is -1.25. The van der Waals surface area contributed by atoms with E-state index in [9.17, 15) is 0 Å². The van der Waals surface area contributed by atoms with E-state index in [0.29, 0.717) is 11.7 Å². The fourth-order valence-corrected chi connectivity index (χ4v) is 1.03. The van der Waals surface area contributed by atoms with Gasteiger partial charge in [-0.15, -0.1) is 0 Å². The van der Waals surface area contributed by atoms with E-state index in [1.807, 2.05) is 6.20 Å². The van der Waals surface area contributed by atoms with E-state index in [1.165, 1.54) is 6.33 Å². The molecule has 0 aliphatic carbocycles.